The van der Waals surface area contributed by atoms with E-state index in [0.29, 0.717) is 5.69 Å². The maximum atomic E-state index is 12.2. The molecule has 6 nitrogen and oxygen atoms in total. The van der Waals surface area contributed by atoms with E-state index in [1.165, 1.54) is 23.3 Å². The molecule has 20 heavy (non-hydrogen) atoms. The molecule has 2 aromatic rings. The zero-order valence-electron chi connectivity index (χ0n) is 11.2. The molecule has 0 amide bonds. The molecule has 4 N–H and O–H groups in total. The van der Waals surface area contributed by atoms with E-state index in [2.05, 4.69) is 15.1 Å². The molecule has 0 atom stereocenters. The first-order chi connectivity index (χ1) is 9.44. The number of nitrogen functional groups attached to an aromatic ring is 1. The second kappa shape index (κ2) is 5.88. The molecule has 0 aliphatic heterocycles. The van der Waals surface area contributed by atoms with E-state index in [-0.39, 0.29) is 11.4 Å². The van der Waals surface area contributed by atoms with Gasteiger partial charge in [0.15, 0.2) is 0 Å². The van der Waals surface area contributed by atoms with Crippen LogP contribution in [-0.4, -0.2) is 13.4 Å². The average molecular weight is 312 g/mol. The molecule has 0 spiro atoms. The third kappa shape index (κ3) is 3.15. The van der Waals surface area contributed by atoms with Gasteiger partial charge in [-0.3, -0.25) is 10.8 Å². The van der Waals surface area contributed by atoms with Crippen LogP contribution in [0.2, 0.25) is 0 Å². The fourth-order valence-electron chi connectivity index (χ4n) is 1.69. The minimum atomic E-state index is -3.65. The van der Waals surface area contributed by atoms with Gasteiger partial charge in [0.05, 0.1) is 5.69 Å². The Morgan fingerprint density at radius 1 is 1.40 bits per heavy atom. The molecule has 2 aromatic heterocycles. The van der Waals surface area contributed by atoms with Crippen LogP contribution in [0.5, 0.6) is 0 Å². The first-order valence-electron chi connectivity index (χ1n) is 5.90. The van der Waals surface area contributed by atoms with E-state index in [1.54, 1.807) is 11.3 Å². The molecule has 0 unspecified atom stereocenters. The van der Waals surface area contributed by atoms with E-state index in [4.69, 9.17) is 5.84 Å². The standard InChI is InChI=1S/C12H16N4O2S2/c1-8-5-10(19-9(8)2)6-15-20(17,18)12-7-14-4-3-11(12)16-13/h3-5,7,15H,6,13H2,1-2H3,(H,14,16). The predicted octanol–water partition coefficient (Wildman–Crippen LogP) is 1.52. The van der Waals surface area contributed by atoms with Crippen molar-refractivity contribution < 1.29 is 8.42 Å². The molecule has 0 fully saturated rings. The van der Waals surface area contributed by atoms with Gasteiger partial charge in [0, 0.05) is 28.7 Å². The number of nitrogens with one attached hydrogen (secondary N) is 2. The Balaban J connectivity index is 2.19. The van der Waals surface area contributed by atoms with Crippen molar-refractivity contribution in [3.63, 3.8) is 0 Å². The van der Waals surface area contributed by atoms with Gasteiger partial charge in [-0.2, -0.15) is 0 Å². The second-order valence-electron chi connectivity index (χ2n) is 4.29. The van der Waals surface area contributed by atoms with E-state index in [0.717, 1.165) is 10.4 Å². The Hall–Kier alpha value is -1.48. The maximum absolute atomic E-state index is 12.2. The van der Waals surface area contributed by atoms with Crippen molar-refractivity contribution >= 4 is 27.0 Å². The van der Waals surface area contributed by atoms with E-state index in [1.807, 2.05) is 19.9 Å². The van der Waals surface area contributed by atoms with Gasteiger partial charge in [0.1, 0.15) is 4.90 Å². The highest BCUT2D eigenvalue weighted by atomic mass is 32.2. The van der Waals surface area contributed by atoms with E-state index >= 15 is 0 Å². The number of anilines is 1. The van der Waals surface area contributed by atoms with Gasteiger partial charge >= 0.3 is 0 Å². The number of hydrogen-bond donors (Lipinski definition) is 3. The molecule has 0 saturated heterocycles. The summed E-state index contributed by atoms with van der Waals surface area (Å²) in [6.07, 6.45) is 2.74. The lowest BCUT2D eigenvalue weighted by atomic mass is 10.3. The van der Waals surface area contributed by atoms with Gasteiger partial charge in [-0.05, 0) is 31.5 Å². The number of aryl methyl sites for hydroxylation is 2. The van der Waals surface area contributed by atoms with E-state index < -0.39 is 10.0 Å². The Morgan fingerprint density at radius 3 is 2.75 bits per heavy atom. The Labute approximate surface area is 122 Å². The molecule has 0 radical (unpaired) electrons. The highest BCUT2D eigenvalue weighted by molar-refractivity contribution is 7.89. The number of nitrogens with zero attached hydrogens (tertiary/aromatic N) is 1. The van der Waals surface area contributed by atoms with Crippen LogP contribution in [0.4, 0.5) is 5.69 Å². The van der Waals surface area contributed by atoms with Crippen molar-refractivity contribution in [2.24, 2.45) is 5.84 Å². The molecule has 0 saturated carbocycles. The first-order valence-corrected chi connectivity index (χ1v) is 8.20. The van der Waals surface area contributed by atoms with Crippen molar-refractivity contribution in [2.75, 3.05) is 5.43 Å². The summed E-state index contributed by atoms with van der Waals surface area (Å²) in [5.74, 6) is 5.31. The molecule has 2 rings (SSSR count). The number of aromatic nitrogens is 1. The van der Waals surface area contributed by atoms with Crippen molar-refractivity contribution in [3.8, 4) is 0 Å². The molecule has 0 aliphatic rings. The van der Waals surface area contributed by atoms with Gasteiger partial charge in [0.2, 0.25) is 10.0 Å². The quantitative estimate of drug-likeness (QED) is 0.574. The van der Waals surface area contributed by atoms with Crippen molar-refractivity contribution in [1.29, 1.82) is 0 Å². The van der Waals surface area contributed by atoms with Gasteiger partial charge < -0.3 is 5.43 Å². The third-order valence-corrected chi connectivity index (χ3v) is 5.46. The summed E-state index contributed by atoms with van der Waals surface area (Å²) in [7, 11) is -3.65. The van der Waals surface area contributed by atoms with Gasteiger partial charge in [-0.1, -0.05) is 0 Å². The number of hydrogen-bond acceptors (Lipinski definition) is 6. The summed E-state index contributed by atoms with van der Waals surface area (Å²) in [5.41, 5.74) is 3.83. The van der Waals surface area contributed by atoms with Crippen LogP contribution in [0.3, 0.4) is 0 Å². The smallest absolute Gasteiger partial charge is 0.244 e. The van der Waals surface area contributed by atoms with Crippen molar-refractivity contribution in [1.82, 2.24) is 9.71 Å². The van der Waals surface area contributed by atoms with Crippen LogP contribution in [0.1, 0.15) is 15.3 Å². The summed E-state index contributed by atoms with van der Waals surface area (Å²) in [6, 6.07) is 3.49. The lowest BCUT2D eigenvalue weighted by molar-refractivity contribution is 0.581. The lowest BCUT2D eigenvalue weighted by Gasteiger charge is -2.09. The SMILES string of the molecule is Cc1cc(CNS(=O)(=O)c2cnccc2NN)sc1C. The molecule has 8 heteroatoms. The Morgan fingerprint density at radius 2 is 2.15 bits per heavy atom. The fourth-order valence-corrected chi connectivity index (χ4v) is 3.90. The molecule has 0 bridgehead atoms. The topological polar surface area (TPSA) is 97.1 Å². The molecule has 108 valence electrons. The number of rotatable bonds is 5. The minimum absolute atomic E-state index is 0.0347. The fraction of sp³-hybridized carbons (Fsp3) is 0.250. The zero-order chi connectivity index (χ0) is 14.8. The van der Waals surface area contributed by atoms with Gasteiger partial charge in [-0.15, -0.1) is 11.3 Å². The summed E-state index contributed by atoms with van der Waals surface area (Å²) >= 11 is 1.58. The van der Waals surface area contributed by atoms with E-state index in [9.17, 15) is 8.42 Å². The summed E-state index contributed by atoms with van der Waals surface area (Å²) < 4.78 is 27.0. The number of sulfonamides is 1. The van der Waals surface area contributed by atoms with Crippen molar-refractivity contribution in [2.45, 2.75) is 25.3 Å². The van der Waals surface area contributed by atoms with Crippen LogP contribution in [0.25, 0.3) is 0 Å². The number of nitrogens with two attached hydrogens (primary N) is 1. The molecule has 2 heterocycles. The predicted molar refractivity (Wildman–Crippen MR) is 79.9 cm³/mol. The van der Waals surface area contributed by atoms with Crippen LogP contribution in [-0.2, 0) is 16.6 Å². The normalized spacial score (nSPS) is 11.6. The number of hydrazine groups is 1. The van der Waals surface area contributed by atoms with Crippen LogP contribution >= 0.6 is 11.3 Å². The largest absolute Gasteiger partial charge is 0.323 e. The number of thiophene rings is 1. The van der Waals surface area contributed by atoms with Crippen LogP contribution in [0.15, 0.2) is 29.4 Å². The molecular formula is C12H16N4O2S2. The van der Waals surface area contributed by atoms with Gasteiger partial charge in [-0.25, -0.2) is 13.1 Å². The zero-order valence-corrected chi connectivity index (χ0v) is 12.8. The highest BCUT2D eigenvalue weighted by Gasteiger charge is 2.18. The highest BCUT2D eigenvalue weighted by Crippen LogP contribution is 2.22. The maximum Gasteiger partial charge on any atom is 0.244 e. The molecule has 0 aromatic carbocycles. The monoisotopic (exact) mass is 312 g/mol. The Bertz CT molecular complexity index is 690. The Kier molecular flexibility index (Phi) is 4.39. The summed E-state index contributed by atoms with van der Waals surface area (Å²) in [4.78, 5) is 6.01. The summed E-state index contributed by atoms with van der Waals surface area (Å²) in [5, 5.41) is 0. The number of pyridine rings is 1. The third-order valence-electron chi connectivity index (χ3n) is 2.88. The van der Waals surface area contributed by atoms with Gasteiger partial charge in [0.25, 0.3) is 0 Å². The summed E-state index contributed by atoms with van der Waals surface area (Å²) in [6.45, 7) is 4.26. The molecular weight excluding hydrogens is 296 g/mol. The van der Waals surface area contributed by atoms with Crippen LogP contribution < -0.4 is 16.0 Å². The lowest BCUT2D eigenvalue weighted by Crippen LogP contribution is -2.24. The molecule has 0 aliphatic carbocycles. The first kappa shape index (κ1) is 14.9. The second-order valence-corrected chi connectivity index (χ2v) is 7.37. The minimum Gasteiger partial charge on any atom is -0.323 e. The average Bonchev–Trinajstić information content (AvgIpc) is 2.76. The van der Waals surface area contributed by atoms with Crippen LogP contribution in [0, 0.1) is 13.8 Å². The van der Waals surface area contributed by atoms with Crippen molar-refractivity contribution in [3.05, 3.63) is 39.8 Å².